The second-order valence-electron chi connectivity index (χ2n) is 4.15. The molecule has 0 saturated carbocycles. The smallest absolute Gasteiger partial charge is 0.393 e. The number of rotatable bonds is 3. The third kappa shape index (κ3) is 2.33. The largest absolute Gasteiger partial charge is 0.469 e. The predicted molar refractivity (Wildman–Crippen MR) is 63.8 cm³/mol. The van der Waals surface area contributed by atoms with Crippen LogP contribution in [0.4, 0.5) is 0 Å². The number of hydrogen-bond acceptors (Lipinski definition) is 6. The van der Waals surface area contributed by atoms with Gasteiger partial charge >= 0.3 is 17.7 Å². The Bertz CT molecular complexity index is 524. The Labute approximate surface area is 110 Å². The van der Waals surface area contributed by atoms with Crippen molar-refractivity contribution < 1.29 is 28.5 Å². The monoisotopic (exact) mass is 266 g/mol. The second-order valence-corrected chi connectivity index (χ2v) is 4.15. The Morgan fingerprint density at radius 1 is 1.16 bits per heavy atom. The molecular weight excluding hydrogens is 252 g/mol. The van der Waals surface area contributed by atoms with Crippen molar-refractivity contribution in [3.63, 3.8) is 0 Å². The van der Waals surface area contributed by atoms with E-state index >= 15 is 0 Å². The van der Waals surface area contributed by atoms with Crippen LogP contribution in [0.5, 0.6) is 11.5 Å². The zero-order chi connectivity index (χ0) is 14.0. The fraction of sp³-hybridized carbons (Fsp3) is 0.385. The predicted octanol–water partition coefficient (Wildman–Crippen LogP) is 1.20. The lowest BCUT2D eigenvalue weighted by Crippen LogP contribution is -2.49. The molecule has 1 aliphatic rings. The van der Waals surface area contributed by atoms with Gasteiger partial charge in [-0.05, 0) is 24.6 Å². The molecule has 6 nitrogen and oxygen atoms in total. The van der Waals surface area contributed by atoms with Crippen LogP contribution in [0.2, 0.25) is 0 Å². The summed E-state index contributed by atoms with van der Waals surface area (Å²) in [5, 5.41) is 0. The molecule has 1 unspecified atom stereocenters. The molecule has 102 valence electrons. The third-order valence-electron chi connectivity index (χ3n) is 2.75. The SMILES string of the molecule is COC(=O)CC1(C(=O)OC)Oc2ccc(C)cc2O1. The van der Waals surface area contributed by atoms with Crippen LogP contribution >= 0.6 is 0 Å². The summed E-state index contributed by atoms with van der Waals surface area (Å²) in [6.45, 7) is 1.88. The second kappa shape index (κ2) is 4.79. The molecular formula is C13H14O6. The highest BCUT2D eigenvalue weighted by atomic mass is 16.8. The molecule has 0 spiro atoms. The number of carbonyl (C=O) groups excluding carboxylic acids is 2. The van der Waals surface area contributed by atoms with Gasteiger partial charge in [-0.2, -0.15) is 0 Å². The van der Waals surface area contributed by atoms with Gasteiger partial charge in [0.05, 0.1) is 14.2 Å². The topological polar surface area (TPSA) is 71.1 Å². The average Bonchev–Trinajstić information content (AvgIpc) is 2.75. The molecule has 1 aromatic rings. The van der Waals surface area contributed by atoms with E-state index in [1.54, 1.807) is 12.1 Å². The van der Waals surface area contributed by atoms with Crippen molar-refractivity contribution >= 4 is 11.9 Å². The molecule has 0 N–H and O–H groups in total. The molecule has 1 heterocycles. The molecule has 2 rings (SSSR count). The Balaban J connectivity index is 2.33. The van der Waals surface area contributed by atoms with E-state index < -0.39 is 17.7 Å². The van der Waals surface area contributed by atoms with E-state index in [1.165, 1.54) is 14.2 Å². The Hall–Kier alpha value is -2.24. The van der Waals surface area contributed by atoms with Crippen molar-refractivity contribution in [1.29, 1.82) is 0 Å². The molecule has 0 fully saturated rings. The number of benzene rings is 1. The van der Waals surface area contributed by atoms with Gasteiger partial charge in [-0.25, -0.2) is 4.79 Å². The van der Waals surface area contributed by atoms with Crippen LogP contribution in [0.15, 0.2) is 18.2 Å². The fourth-order valence-electron chi connectivity index (χ4n) is 1.80. The average molecular weight is 266 g/mol. The van der Waals surface area contributed by atoms with Gasteiger partial charge in [0, 0.05) is 0 Å². The molecule has 0 saturated heterocycles. The van der Waals surface area contributed by atoms with Gasteiger partial charge in [-0.15, -0.1) is 0 Å². The normalized spacial score (nSPS) is 19.9. The maximum absolute atomic E-state index is 11.9. The summed E-state index contributed by atoms with van der Waals surface area (Å²) in [5.74, 6) is -2.44. The summed E-state index contributed by atoms with van der Waals surface area (Å²) >= 11 is 0. The lowest BCUT2D eigenvalue weighted by molar-refractivity contribution is -0.187. The minimum Gasteiger partial charge on any atom is -0.469 e. The molecule has 0 bridgehead atoms. The van der Waals surface area contributed by atoms with Crippen LogP contribution in [0, 0.1) is 6.92 Å². The number of esters is 2. The summed E-state index contributed by atoms with van der Waals surface area (Å²) in [7, 11) is 2.42. The van der Waals surface area contributed by atoms with E-state index in [0.29, 0.717) is 11.5 Å². The first-order chi connectivity index (χ1) is 9.00. The van der Waals surface area contributed by atoms with E-state index in [9.17, 15) is 9.59 Å². The minimum atomic E-state index is -1.81. The van der Waals surface area contributed by atoms with Gasteiger partial charge < -0.3 is 18.9 Å². The van der Waals surface area contributed by atoms with Crippen molar-refractivity contribution in [3.05, 3.63) is 23.8 Å². The Morgan fingerprint density at radius 2 is 1.84 bits per heavy atom. The van der Waals surface area contributed by atoms with Crippen molar-refractivity contribution in [2.24, 2.45) is 0 Å². The van der Waals surface area contributed by atoms with Crippen molar-refractivity contribution in [2.45, 2.75) is 19.1 Å². The van der Waals surface area contributed by atoms with E-state index in [-0.39, 0.29) is 6.42 Å². The fourth-order valence-corrected chi connectivity index (χ4v) is 1.80. The van der Waals surface area contributed by atoms with Gasteiger partial charge in [0.25, 0.3) is 0 Å². The molecule has 0 radical (unpaired) electrons. The van der Waals surface area contributed by atoms with Gasteiger partial charge in [-0.1, -0.05) is 6.07 Å². The number of carbonyl (C=O) groups is 2. The molecule has 6 heteroatoms. The molecule has 1 aliphatic heterocycles. The standard InChI is InChI=1S/C13H14O6/c1-8-4-5-9-10(6-8)19-13(18-9,12(15)17-3)7-11(14)16-2/h4-6H,7H2,1-3H3. The molecule has 0 aromatic heterocycles. The first-order valence-electron chi connectivity index (χ1n) is 5.64. The van der Waals surface area contributed by atoms with Crippen molar-refractivity contribution in [1.82, 2.24) is 0 Å². The van der Waals surface area contributed by atoms with Crippen LogP contribution in [0.3, 0.4) is 0 Å². The molecule has 1 atom stereocenters. The van der Waals surface area contributed by atoms with Crippen LogP contribution in [0.1, 0.15) is 12.0 Å². The van der Waals surface area contributed by atoms with E-state index in [4.69, 9.17) is 9.47 Å². The lowest BCUT2D eigenvalue weighted by atomic mass is 10.2. The van der Waals surface area contributed by atoms with E-state index in [0.717, 1.165) is 5.56 Å². The van der Waals surface area contributed by atoms with Crippen molar-refractivity contribution in [2.75, 3.05) is 14.2 Å². The zero-order valence-electron chi connectivity index (χ0n) is 10.9. The van der Waals surface area contributed by atoms with Crippen LogP contribution in [-0.4, -0.2) is 31.9 Å². The molecule has 1 aromatic carbocycles. The van der Waals surface area contributed by atoms with Crippen LogP contribution in [-0.2, 0) is 19.1 Å². The Kier molecular flexibility index (Phi) is 3.33. The Morgan fingerprint density at radius 3 is 2.47 bits per heavy atom. The quantitative estimate of drug-likeness (QED) is 0.765. The first-order valence-corrected chi connectivity index (χ1v) is 5.64. The number of ether oxygens (including phenoxy) is 4. The van der Waals surface area contributed by atoms with Gasteiger partial charge in [0.15, 0.2) is 11.5 Å². The van der Waals surface area contributed by atoms with Gasteiger partial charge in [0.2, 0.25) is 0 Å². The molecule has 0 aliphatic carbocycles. The summed E-state index contributed by atoms with van der Waals surface area (Å²) in [4.78, 5) is 23.3. The van der Waals surface area contributed by atoms with Crippen LogP contribution in [0.25, 0.3) is 0 Å². The molecule has 19 heavy (non-hydrogen) atoms. The lowest BCUT2D eigenvalue weighted by Gasteiger charge is -2.23. The summed E-state index contributed by atoms with van der Waals surface area (Å²) < 4.78 is 20.2. The summed E-state index contributed by atoms with van der Waals surface area (Å²) in [6, 6.07) is 5.21. The highest BCUT2D eigenvalue weighted by Gasteiger charge is 2.52. The highest BCUT2D eigenvalue weighted by molar-refractivity contribution is 5.86. The minimum absolute atomic E-state index is 0.385. The number of aryl methyl sites for hydroxylation is 1. The maximum atomic E-state index is 11.9. The van der Waals surface area contributed by atoms with Gasteiger partial charge in [-0.3, -0.25) is 4.79 Å². The number of hydrogen-bond donors (Lipinski definition) is 0. The zero-order valence-corrected chi connectivity index (χ0v) is 10.9. The first kappa shape index (κ1) is 13.2. The third-order valence-corrected chi connectivity index (χ3v) is 2.75. The van der Waals surface area contributed by atoms with Gasteiger partial charge in [0.1, 0.15) is 6.42 Å². The summed E-state index contributed by atoms with van der Waals surface area (Å²) in [6.07, 6.45) is -0.385. The highest BCUT2D eigenvalue weighted by Crippen LogP contribution is 2.41. The van der Waals surface area contributed by atoms with E-state index in [1.807, 2.05) is 13.0 Å². The number of methoxy groups -OCH3 is 2. The van der Waals surface area contributed by atoms with Crippen LogP contribution < -0.4 is 9.47 Å². The van der Waals surface area contributed by atoms with Crippen molar-refractivity contribution in [3.8, 4) is 11.5 Å². The summed E-state index contributed by atoms with van der Waals surface area (Å²) in [5.41, 5.74) is 0.945. The molecule has 0 amide bonds. The van der Waals surface area contributed by atoms with E-state index in [2.05, 4.69) is 9.47 Å². The number of fused-ring (bicyclic) bond motifs is 1. The maximum Gasteiger partial charge on any atom is 0.393 e.